The third-order valence-corrected chi connectivity index (χ3v) is 5.28. The lowest BCUT2D eigenvalue weighted by Crippen LogP contribution is -2.43. The summed E-state index contributed by atoms with van der Waals surface area (Å²) >= 11 is 0. The molecule has 2 aromatic rings. The first-order valence-corrected chi connectivity index (χ1v) is 13.2. The van der Waals surface area contributed by atoms with Crippen molar-refractivity contribution in [1.29, 1.82) is 0 Å². The van der Waals surface area contributed by atoms with Crippen LogP contribution in [-0.2, 0) is 43.5 Å². The van der Waals surface area contributed by atoms with Crippen LogP contribution in [0.1, 0.15) is 66.1 Å². The molecule has 0 bridgehead atoms. The van der Waals surface area contributed by atoms with E-state index in [2.05, 4.69) is 10.3 Å². The highest BCUT2D eigenvalue weighted by molar-refractivity contribution is 5.61. The Balaban J connectivity index is 2.29. The van der Waals surface area contributed by atoms with Crippen LogP contribution in [0.5, 0.6) is 0 Å². The number of carbonyl (C=O) groups excluding carboxylic acids is 2. The van der Waals surface area contributed by atoms with Gasteiger partial charge in [0.05, 0.1) is 25.9 Å². The van der Waals surface area contributed by atoms with Crippen LogP contribution in [0.2, 0.25) is 0 Å². The molecule has 2 heterocycles. The van der Waals surface area contributed by atoms with Crippen molar-refractivity contribution in [2.45, 2.75) is 105 Å². The van der Waals surface area contributed by atoms with E-state index in [1.807, 2.05) is 0 Å². The van der Waals surface area contributed by atoms with Crippen molar-refractivity contribution in [2.24, 2.45) is 0 Å². The summed E-state index contributed by atoms with van der Waals surface area (Å²) in [5, 5.41) is 16.9. The second-order valence-corrected chi connectivity index (χ2v) is 11.3. The zero-order valence-electron chi connectivity index (χ0n) is 24.9. The molecule has 0 aliphatic rings. The van der Waals surface area contributed by atoms with Crippen molar-refractivity contribution < 1.29 is 38.4 Å². The summed E-state index contributed by atoms with van der Waals surface area (Å²) in [5.74, 6) is 0. The van der Waals surface area contributed by atoms with Gasteiger partial charge in [-0.05, 0) is 54.9 Å². The minimum Gasteiger partial charge on any atom is -0.431 e. The maximum Gasteiger partial charge on any atom is 0.509 e. The Morgan fingerprint density at radius 1 is 1.00 bits per heavy atom. The fraction of sp³-hybridized carbons (Fsp3) is 0.692. The molecule has 0 saturated heterocycles. The molecule has 1 N–H and O–H groups in total. The number of hydrogen-bond acceptors (Lipinski definition) is 12. The normalized spacial score (nSPS) is 13.4. The number of aliphatic hydroxyl groups is 1. The number of nitrogens with zero attached hydrogens (tertiary/aromatic N) is 5. The molecular weight excluding hydrogens is 542 g/mol. The minimum atomic E-state index is -1.02. The molecule has 41 heavy (non-hydrogen) atoms. The second-order valence-electron chi connectivity index (χ2n) is 11.3. The Labute approximate surface area is 237 Å². The van der Waals surface area contributed by atoms with Gasteiger partial charge in [-0.1, -0.05) is 12.1 Å². The van der Waals surface area contributed by atoms with E-state index >= 15 is 0 Å². The van der Waals surface area contributed by atoms with Crippen LogP contribution in [0.15, 0.2) is 22.0 Å². The second kappa shape index (κ2) is 14.3. The largest absolute Gasteiger partial charge is 0.509 e. The van der Waals surface area contributed by atoms with Gasteiger partial charge in [0.2, 0.25) is 0 Å². The lowest BCUT2D eigenvalue weighted by molar-refractivity contribution is -0.118. The average Bonchev–Trinajstić information content (AvgIpc) is 3.28. The summed E-state index contributed by atoms with van der Waals surface area (Å²) in [4.78, 5) is 50.6. The maximum absolute atomic E-state index is 13.2. The Morgan fingerprint density at radius 2 is 1.63 bits per heavy atom. The lowest BCUT2D eigenvalue weighted by Gasteiger charge is -2.28. The smallest absolute Gasteiger partial charge is 0.431 e. The molecule has 15 heteroatoms. The topological polar surface area (TPSA) is 175 Å². The van der Waals surface area contributed by atoms with Crippen molar-refractivity contribution in [2.75, 3.05) is 13.2 Å². The fourth-order valence-corrected chi connectivity index (χ4v) is 3.50. The van der Waals surface area contributed by atoms with Gasteiger partial charge in [0.15, 0.2) is 0 Å². The van der Waals surface area contributed by atoms with E-state index in [0.717, 1.165) is 9.13 Å². The molecule has 15 nitrogen and oxygen atoms in total. The van der Waals surface area contributed by atoms with Gasteiger partial charge in [-0.25, -0.2) is 19.1 Å². The van der Waals surface area contributed by atoms with Crippen LogP contribution < -0.4 is 11.2 Å². The van der Waals surface area contributed by atoms with Crippen LogP contribution in [0, 0.1) is 6.92 Å². The van der Waals surface area contributed by atoms with Gasteiger partial charge >= 0.3 is 18.0 Å². The molecule has 2 atom stereocenters. The number of rotatable bonds is 12. The minimum absolute atomic E-state index is 0.146. The highest BCUT2D eigenvalue weighted by Gasteiger charge is 2.30. The fourth-order valence-electron chi connectivity index (χ4n) is 3.50. The van der Waals surface area contributed by atoms with Crippen LogP contribution in [0.3, 0.4) is 0 Å². The zero-order chi connectivity index (χ0) is 31.0. The number of hydrogen-bond donors (Lipinski definition) is 1. The highest BCUT2D eigenvalue weighted by atomic mass is 16.8. The molecule has 230 valence electrons. The van der Waals surface area contributed by atoms with E-state index in [4.69, 9.17) is 28.8 Å². The first-order chi connectivity index (χ1) is 19.0. The van der Waals surface area contributed by atoms with Gasteiger partial charge in [-0.15, -0.1) is 5.10 Å². The van der Waals surface area contributed by atoms with E-state index < -0.39 is 47.0 Å². The van der Waals surface area contributed by atoms with Gasteiger partial charge < -0.3 is 28.8 Å². The quantitative estimate of drug-likeness (QED) is 0.360. The molecule has 0 saturated carbocycles. The van der Waals surface area contributed by atoms with Crippen LogP contribution in [0.4, 0.5) is 9.59 Å². The Bertz CT molecular complexity index is 1290. The number of carbonyl (C=O) groups is 2. The molecule has 0 aromatic carbocycles. The molecule has 1 unspecified atom stereocenters. The van der Waals surface area contributed by atoms with Gasteiger partial charge in [-0.3, -0.25) is 13.9 Å². The first kappa shape index (κ1) is 33.5. The summed E-state index contributed by atoms with van der Waals surface area (Å²) in [6.07, 6.45) is -0.707. The monoisotopic (exact) mass is 583 g/mol. The van der Waals surface area contributed by atoms with Crippen LogP contribution in [0.25, 0.3) is 0 Å². The third kappa shape index (κ3) is 11.0. The van der Waals surface area contributed by atoms with E-state index in [1.165, 1.54) is 17.1 Å². The van der Waals surface area contributed by atoms with E-state index in [9.17, 15) is 19.2 Å². The lowest BCUT2D eigenvalue weighted by atomic mass is 10.1. The van der Waals surface area contributed by atoms with Crippen LogP contribution >= 0.6 is 0 Å². The SMILES string of the molecule is CC[C@H](OC(=O)OC(C)(C)C)C(COC(=O)OC(C)(C)C)OCn1cc(C)c(=O)n(Cc2cn(CCO)nn2)c1=O. The predicted molar refractivity (Wildman–Crippen MR) is 144 cm³/mol. The van der Waals surface area contributed by atoms with Gasteiger partial charge in [0, 0.05) is 11.8 Å². The summed E-state index contributed by atoms with van der Waals surface area (Å²) < 4.78 is 30.6. The summed E-state index contributed by atoms with van der Waals surface area (Å²) in [5.41, 5.74) is -2.21. The molecular formula is C26H41N5O10. The Kier molecular flexibility index (Phi) is 11.6. The standard InChI is InChI=1S/C26H41N5O10/c1-9-19(39-24(36)41-26(6,7)8)20(15-37-23(35)40-25(3,4)5)38-16-29-12-17(2)21(33)31(22(29)34)14-18-13-30(10-11-32)28-27-18/h12-13,19-20,32H,9-11,14-16H2,1-8H3/t19-,20?/m0/s1. The van der Waals surface area contributed by atoms with Crippen molar-refractivity contribution in [3.05, 3.63) is 44.5 Å². The van der Waals surface area contributed by atoms with Crippen molar-refractivity contribution in [3.63, 3.8) is 0 Å². The first-order valence-electron chi connectivity index (χ1n) is 13.2. The molecule has 2 rings (SSSR count). The number of ether oxygens (including phenoxy) is 5. The van der Waals surface area contributed by atoms with Crippen LogP contribution in [-0.4, -0.2) is 78.2 Å². The molecule has 0 fully saturated rings. The molecule has 0 aliphatic heterocycles. The molecule has 2 aromatic heterocycles. The molecule has 0 spiro atoms. The highest BCUT2D eigenvalue weighted by Crippen LogP contribution is 2.16. The molecule has 0 amide bonds. The van der Waals surface area contributed by atoms with E-state index in [0.29, 0.717) is 5.69 Å². The van der Waals surface area contributed by atoms with Crippen molar-refractivity contribution in [3.8, 4) is 0 Å². The van der Waals surface area contributed by atoms with Crippen molar-refractivity contribution in [1.82, 2.24) is 24.1 Å². The Hall–Kier alpha value is -3.72. The third-order valence-electron chi connectivity index (χ3n) is 5.28. The maximum atomic E-state index is 13.2. The predicted octanol–water partition coefficient (Wildman–Crippen LogP) is 1.98. The average molecular weight is 584 g/mol. The van der Waals surface area contributed by atoms with E-state index in [-0.39, 0.29) is 45.0 Å². The summed E-state index contributed by atoms with van der Waals surface area (Å²) in [7, 11) is 0. The molecule has 0 aliphatic carbocycles. The summed E-state index contributed by atoms with van der Waals surface area (Å²) in [6.45, 7) is 12.6. The molecule has 0 radical (unpaired) electrons. The van der Waals surface area contributed by atoms with Gasteiger partial charge in [0.25, 0.3) is 5.56 Å². The number of aromatic nitrogens is 5. The van der Waals surface area contributed by atoms with Gasteiger partial charge in [-0.2, -0.15) is 0 Å². The Morgan fingerprint density at radius 3 is 2.22 bits per heavy atom. The van der Waals surface area contributed by atoms with Gasteiger partial charge in [0.1, 0.15) is 42.4 Å². The number of aliphatic hydroxyl groups excluding tert-OH is 1. The number of aryl methyl sites for hydroxylation is 1. The van der Waals surface area contributed by atoms with Crippen molar-refractivity contribution >= 4 is 12.3 Å². The van der Waals surface area contributed by atoms with E-state index in [1.54, 1.807) is 55.4 Å². The zero-order valence-corrected chi connectivity index (χ0v) is 24.9. The summed E-state index contributed by atoms with van der Waals surface area (Å²) in [6, 6.07) is 0.